The van der Waals surface area contributed by atoms with E-state index in [2.05, 4.69) is 10.3 Å². The van der Waals surface area contributed by atoms with E-state index in [1.54, 1.807) is 0 Å². The van der Waals surface area contributed by atoms with E-state index in [1.165, 1.54) is 0 Å². The van der Waals surface area contributed by atoms with Crippen molar-refractivity contribution in [1.82, 2.24) is 10.2 Å². The average Bonchev–Trinajstić information content (AvgIpc) is 3.04. The molecule has 2 heterocycles. The molecule has 2 rings (SSSR count). The molecule has 0 radical (unpaired) electrons. The number of aliphatic imine (C=N–C) groups is 1. The van der Waals surface area contributed by atoms with Crippen LogP contribution in [0.15, 0.2) is 4.99 Å². The number of aliphatic hydroxyl groups is 1. The van der Waals surface area contributed by atoms with Gasteiger partial charge in [0.15, 0.2) is 12.1 Å². The number of likely N-dealkylation sites (tertiary alicyclic amines) is 1. The summed E-state index contributed by atoms with van der Waals surface area (Å²) in [5.41, 5.74) is 0.110. The quantitative estimate of drug-likeness (QED) is 0.400. The highest BCUT2D eigenvalue weighted by Gasteiger charge is 2.42. The smallest absolute Gasteiger partial charge is 0.382 e. The number of aliphatic hydroxyl groups excluding tert-OH is 1. The van der Waals surface area contributed by atoms with Gasteiger partial charge >= 0.3 is 6.18 Å². The van der Waals surface area contributed by atoms with Gasteiger partial charge in [0.05, 0.1) is 13.2 Å². The topological polar surface area (TPSA) is 57.1 Å². The first-order chi connectivity index (χ1) is 9.86. The Morgan fingerprint density at radius 1 is 1.45 bits per heavy atom. The van der Waals surface area contributed by atoms with Crippen LogP contribution < -0.4 is 5.32 Å². The summed E-state index contributed by atoms with van der Waals surface area (Å²) >= 11 is 0. The molecule has 9 heteroatoms. The highest BCUT2D eigenvalue weighted by molar-refractivity contribution is 14.0. The van der Waals surface area contributed by atoms with Crippen molar-refractivity contribution in [1.29, 1.82) is 0 Å². The van der Waals surface area contributed by atoms with Crippen molar-refractivity contribution >= 4 is 29.9 Å². The van der Waals surface area contributed by atoms with Gasteiger partial charge in [-0.2, -0.15) is 13.2 Å². The lowest BCUT2D eigenvalue weighted by atomic mass is 9.87. The second-order valence-corrected chi connectivity index (χ2v) is 5.73. The molecule has 2 atom stereocenters. The van der Waals surface area contributed by atoms with Crippen LogP contribution in [-0.2, 0) is 4.74 Å². The largest absolute Gasteiger partial charge is 0.416 e. The molecule has 1 spiro atoms. The second-order valence-electron chi connectivity index (χ2n) is 5.73. The Hall–Kier alpha value is -0.290. The van der Waals surface area contributed by atoms with E-state index in [0.717, 1.165) is 32.5 Å². The molecule has 2 fully saturated rings. The molecule has 0 aliphatic carbocycles. The minimum absolute atomic E-state index is 0. The Balaban J connectivity index is 0.00000242. The van der Waals surface area contributed by atoms with Crippen molar-refractivity contribution in [3.05, 3.63) is 0 Å². The summed E-state index contributed by atoms with van der Waals surface area (Å²) in [6.07, 6.45) is -5.11. The predicted molar refractivity (Wildman–Crippen MR) is 87.5 cm³/mol. The van der Waals surface area contributed by atoms with E-state index >= 15 is 0 Å². The summed E-state index contributed by atoms with van der Waals surface area (Å²) in [4.78, 5) is 5.90. The Kier molecular flexibility index (Phi) is 7.19. The standard InChI is InChI=1S/C13H22F3N3O2.HI/c1-2-17-11(18-7-10(20)13(14,15)16)19-5-3-12(8-19)4-6-21-9-12;/h10,20H,2-9H2,1H3,(H,17,18);1H. The van der Waals surface area contributed by atoms with Gasteiger partial charge in [-0.05, 0) is 19.8 Å². The van der Waals surface area contributed by atoms with Crippen LogP contribution in [0.5, 0.6) is 0 Å². The fourth-order valence-corrected chi connectivity index (χ4v) is 2.79. The first-order valence-corrected chi connectivity index (χ1v) is 7.22. The number of alkyl halides is 3. The number of guanidine groups is 1. The van der Waals surface area contributed by atoms with E-state index in [9.17, 15) is 13.2 Å². The molecule has 0 aromatic heterocycles. The summed E-state index contributed by atoms with van der Waals surface area (Å²) < 4.78 is 42.4. The summed E-state index contributed by atoms with van der Waals surface area (Å²) in [5.74, 6) is 0.435. The van der Waals surface area contributed by atoms with Gasteiger partial charge in [-0.1, -0.05) is 0 Å². The number of ether oxygens (including phenoxy) is 1. The van der Waals surface area contributed by atoms with Crippen LogP contribution in [0, 0.1) is 5.41 Å². The van der Waals surface area contributed by atoms with Crippen LogP contribution in [0.2, 0.25) is 0 Å². The van der Waals surface area contributed by atoms with Crippen molar-refractivity contribution in [2.75, 3.05) is 39.4 Å². The molecule has 2 saturated heterocycles. The highest BCUT2D eigenvalue weighted by atomic mass is 127. The first-order valence-electron chi connectivity index (χ1n) is 7.22. The van der Waals surface area contributed by atoms with Gasteiger partial charge in [-0.15, -0.1) is 24.0 Å². The first kappa shape index (κ1) is 19.8. The van der Waals surface area contributed by atoms with Crippen LogP contribution in [0.3, 0.4) is 0 Å². The average molecular weight is 437 g/mol. The van der Waals surface area contributed by atoms with Gasteiger partial charge in [0.25, 0.3) is 0 Å². The summed E-state index contributed by atoms with van der Waals surface area (Å²) in [5, 5.41) is 12.0. The van der Waals surface area contributed by atoms with E-state index in [0.29, 0.717) is 19.1 Å². The molecular weight excluding hydrogens is 414 g/mol. The Labute approximate surface area is 145 Å². The molecule has 130 valence electrons. The van der Waals surface area contributed by atoms with Crippen molar-refractivity contribution in [2.45, 2.75) is 32.0 Å². The molecule has 0 aromatic rings. The maximum Gasteiger partial charge on any atom is 0.416 e. The van der Waals surface area contributed by atoms with Crippen molar-refractivity contribution in [3.8, 4) is 0 Å². The fourth-order valence-electron chi connectivity index (χ4n) is 2.79. The fraction of sp³-hybridized carbons (Fsp3) is 0.923. The van der Waals surface area contributed by atoms with Gasteiger partial charge in [-0.3, -0.25) is 4.99 Å². The zero-order chi connectivity index (χ0) is 15.5. The van der Waals surface area contributed by atoms with E-state index in [-0.39, 0.29) is 29.4 Å². The van der Waals surface area contributed by atoms with Gasteiger partial charge in [-0.25, -0.2) is 0 Å². The van der Waals surface area contributed by atoms with Gasteiger partial charge in [0.1, 0.15) is 0 Å². The molecule has 0 amide bonds. The Morgan fingerprint density at radius 3 is 2.73 bits per heavy atom. The number of rotatable bonds is 3. The van der Waals surface area contributed by atoms with Gasteiger partial charge in [0.2, 0.25) is 0 Å². The monoisotopic (exact) mass is 437 g/mol. The molecule has 0 saturated carbocycles. The SMILES string of the molecule is CCNC(=NCC(O)C(F)(F)F)N1CCC2(CCOC2)C1.I. The number of hydrogen-bond donors (Lipinski definition) is 2. The number of halogens is 4. The van der Waals surface area contributed by atoms with Crippen LogP contribution in [-0.4, -0.2) is 67.6 Å². The van der Waals surface area contributed by atoms with Crippen molar-refractivity contribution < 1.29 is 23.0 Å². The molecule has 2 aliphatic heterocycles. The minimum atomic E-state index is -4.63. The maximum absolute atomic E-state index is 12.3. The molecule has 5 nitrogen and oxygen atoms in total. The third-order valence-electron chi connectivity index (χ3n) is 4.05. The molecule has 0 aromatic carbocycles. The molecule has 2 unspecified atom stereocenters. The summed E-state index contributed by atoms with van der Waals surface area (Å²) in [6.45, 7) is 4.69. The Morgan fingerprint density at radius 2 is 2.18 bits per heavy atom. The minimum Gasteiger partial charge on any atom is -0.382 e. The number of nitrogens with one attached hydrogen (secondary N) is 1. The van der Waals surface area contributed by atoms with E-state index in [1.807, 2.05) is 11.8 Å². The summed E-state index contributed by atoms with van der Waals surface area (Å²) in [7, 11) is 0. The third-order valence-corrected chi connectivity index (χ3v) is 4.05. The normalized spacial score (nSPS) is 27.1. The van der Waals surface area contributed by atoms with Crippen molar-refractivity contribution in [2.24, 2.45) is 10.4 Å². The molecule has 0 bridgehead atoms. The zero-order valence-electron chi connectivity index (χ0n) is 12.5. The second kappa shape index (κ2) is 8.00. The van der Waals surface area contributed by atoms with Gasteiger partial charge < -0.3 is 20.1 Å². The number of hydrogen-bond acceptors (Lipinski definition) is 3. The van der Waals surface area contributed by atoms with Crippen LogP contribution in [0.25, 0.3) is 0 Å². The van der Waals surface area contributed by atoms with E-state index < -0.39 is 18.8 Å². The lowest BCUT2D eigenvalue weighted by Crippen LogP contribution is -2.42. The zero-order valence-corrected chi connectivity index (χ0v) is 14.9. The Bertz CT molecular complexity index is 387. The molecule has 2 aliphatic rings. The molecular formula is C13H23F3IN3O2. The summed E-state index contributed by atoms with van der Waals surface area (Å²) in [6, 6.07) is 0. The van der Waals surface area contributed by atoms with Crippen LogP contribution >= 0.6 is 24.0 Å². The van der Waals surface area contributed by atoms with Crippen LogP contribution in [0.1, 0.15) is 19.8 Å². The predicted octanol–water partition coefficient (Wildman–Crippen LogP) is 1.61. The molecule has 2 N–H and O–H groups in total. The molecule has 22 heavy (non-hydrogen) atoms. The lowest BCUT2D eigenvalue weighted by Gasteiger charge is -2.25. The maximum atomic E-state index is 12.3. The van der Waals surface area contributed by atoms with E-state index in [4.69, 9.17) is 9.84 Å². The third kappa shape index (κ3) is 4.85. The highest BCUT2D eigenvalue weighted by Crippen LogP contribution is 2.38. The number of nitrogens with zero attached hydrogens (tertiary/aromatic N) is 2. The van der Waals surface area contributed by atoms with Gasteiger partial charge in [0, 0.05) is 31.7 Å². The lowest BCUT2D eigenvalue weighted by molar-refractivity contribution is -0.199. The van der Waals surface area contributed by atoms with Crippen LogP contribution in [0.4, 0.5) is 13.2 Å². The van der Waals surface area contributed by atoms with Crippen molar-refractivity contribution in [3.63, 3.8) is 0 Å².